The maximum absolute atomic E-state index is 11.4. The fourth-order valence-corrected chi connectivity index (χ4v) is 27.6. The van der Waals surface area contributed by atoms with E-state index in [9.17, 15) is 68.7 Å². The summed E-state index contributed by atoms with van der Waals surface area (Å²) < 4.78 is 206. The fourth-order valence-electron chi connectivity index (χ4n) is 15.7. The van der Waals surface area contributed by atoms with Gasteiger partial charge in [0, 0.05) is 144 Å². The zero-order valence-corrected chi connectivity index (χ0v) is 91.2. The van der Waals surface area contributed by atoms with Crippen molar-refractivity contribution in [3.05, 3.63) is 198 Å². The summed E-state index contributed by atoms with van der Waals surface area (Å²) in [5.41, 5.74) is 6.24. The molecular weight excluding hydrogens is 2130 g/mol. The molecule has 0 fully saturated rings. The fraction of sp³-hybridized carbons (Fsp3) is 0.467. The van der Waals surface area contributed by atoms with Crippen LogP contribution in [0.3, 0.4) is 0 Å². The molecule has 3 atom stereocenters. The van der Waals surface area contributed by atoms with E-state index in [-0.39, 0.29) is 53.6 Å². The number of hydrogen-bond acceptors (Lipinski definition) is 24. The van der Waals surface area contributed by atoms with Gasteiger partial charge in [-0.25, -0.2) is 25.3 Å². The van der Waals surface area contributed by atoms with Crippen molar-refractivity contribution in [3.63, 3.8) is 0 Å². The van der Waals surface area contributed by atoms with E-state index in [1.54, 1.807) is 75.4 Å². The normalized spacial score (nSPS) is 16.0. The summed E-state index contributed by atoms with van der Waals surface area (Å²) >= 11 is 35.7. The second-order valence-corrected chi connectivity index (χ2v) is 50.6. The van der Waals surface area contributed by atoms with E-state index in [1.807, 2.05) is 95.6 Å². The summed E-state index contributed by atoms with van der Waals surface area (Å²) in [6.45, 7) is 31.8. The first-order chi connectivity index (χ1) is 62.8. The standard InChI is InChI=1S/C26H24ClNO6S4.C24H25Br2NO6S4.C24H25Cl2NO6S4.3C6H15N/c27-18-9-11-22-21(15-18)28(12-4-14-38(32,33)34)25(36-22)16-24-20(7-3-13-37(29,30)31)26-19-6-2-1-5-17(19)8-10-23(26)35-24;2*25-16-6-8-21-19(13-16)18(5-1-3-11-36(28,29)30)23(34-21)15-24-27(10-2-4-12-37(31,32)33)20-14-17(26)7-9-22(20)35-24;3*1-4-7(5-2)6-3/h1-2,5-6,8-11,15-16,20H,3-4,7,12-14H2,(H-,29,30,31,32,33,34);2*6-9,13-15,18H,1-5,10-12H2,(H-,28,29,30,31,32,33);3*4-6H2,1-3H3. The van der Waals surface area contributed by atoms with Crippen LogP contribution < -0.4 is 13.7 Å². The molecule has 0 bridgehead atoms. The molecule has 7 aromatic carbocycles. The molecule has 0 spiro atoms. The van der Waals surface area contributed by atoms with E-state index in [4.69, 9.17) is 43.9 Å². The number of hydrogen-bond donors (Lipinski definition) is 3. The van der Waals surface area contributed by atoms with Gasteiger partial charge >= 0.3 is 0 Å². The van der Waals surface area contributed by atoms with Crippen molar-refractivity contribution in [2.24, 2.45) is 0 Å². The zero-order valence-electron chi connectivity index (χ0n) is 75.9. The average Bonchev–Trinajstić information content (AvgIpc) is 1.62. The van der Waals surface area contributed by atoms with E-state index < -0.39 is 72.2 Å². The summed E-state index contributed by atoms with van der Waals surface area (Å²) in [6, 6.07) is 41.5. The van der Waals surface area contributed by atoms with Crippen LogP contribution in [-0.4, -0.2) is 186 Å². The third-order valence-electron chi connectivity index (χ3n) is 22.6. The summed E-state index contributed by atoms with van der Waals surface area (Å²) in [5.74, 6) is -2.03. The van der Waals surface area contributed by atoms with E-state index in [1.165, 1.54) is 64.5 Å². The summed E-state index contributed by atoms with van der Waals surface area (Å²) in [4.78, 5) is 13.8. The third-order valence-corrected chi connectivity index (χ3v) is 36.1. The molecule has 3 aliphatic heterocycles. The van der Waals surface area contributed by atoms with E-state index >= 15 is 0 Å². The first-order valence-corrected chi connectivity index (χ1v) is 61.5. The molecule has 0 amide bonds. The molecule has 13 rings (SSSR count). The molecule has 133 heavy (non-hydrogen) atoms. The number of benzene rings is 7. The van der Waals surface area contributed by atoms with Gasteiger partial charge in [-0.2, -0.15) is 39.0 Å². The van der Waals surface area contributed by atoms with Gasteiger partial charge < -0.3 is 28.4 Å². The van der Waals surface area contributed by atoms with Crippen LogP contribution in [0.25, 0.3) is 59.7 Å². The summed E-state index contributed by atoms with van der Waals surface area (Å²) in [6.07, 6.45) is 12.4. The van der Waals surface area contributed by atoms with Crippen LogP contribution in [0.5, 0.6) is 0 Å². The topological polar surface area (TPSA) is 356 Å². The Morgan fingerprint density at radius 1 is 0.361 bits per heavy atom. The van der Waals surface area contributed by atoms with Crippen LogP contribution in [0.15, 0.2) is 166 Å². The van der Waals surface area contributed by atoms with Gasteiger partial charge in [0.25, 0.3) is 45.4 Å². The molecule has 24 nitrogen and oxygen atoms in total. The van der Waals surface area contributed by atoms with Crippen molar-refractivity contribution in [2.75, 3.05) is 93.4 Å². The summed E-state index contributed by atoms with van der Waals surface area (Å²) in [7, 11) is -24.9. The van der Waals surface area contributed by atoms with E-state index in [0.29, 0.717) is 98.9 Å². The van der Waals surface area contributed by atoms with Crippen LogP contribution in [0.2, 0.25) is 15.1 Å². The molecule has 0 saturated carbocycles. The predicted octanol–water partition coefficient (Wildman–Crippen LogP) is 22.3. The first-order valence-electron chi connectivity index (χ1n) is 44.3. The Balaban J connectivity index is 0.000000221. The Hall–Kier alpha value is -4.09. The monoisotopic (exact) mass is 2240 g/mol. The van der Waals surface area contributed by atoms with Crippen molar-refractivity contribution in [2.45, 2.75) is 198 Å². The van der Waals surface area contributed by atoms with Crippen LogP contribution in [0.1, 0.15) is 195 Å². The number of unbranched alkanes of at least 4 members (excludes halogenated alkanes) is 4. The van der Waals surface area contributed by atoms with Gasteiger partial charge in [-0.05, 0) is 217 Å². The number of halogens is 5. The quantitative estimate of drug-likeness (QED) is 0.0182. The number of nitrogens with zero attached hydrogens (tertiary/aromatic N) is 6. The molecule has 3 N–H and O–H groups in total. The van der Waals surface area contributed by atoms with Gasteiger partial charge in [0.2, 0.25) is 16.6 Å². The second-order valence-electron chi connectivity index (χ2n) is 31.7. The van der Waals surface area contributed by atoms with Crippen molar-refractivity contribution in [1.82, 2.24) is 14.7 Å². The van der Waals surface area contributed by atoms with Crippen molar-refractivity contribution >= 4 is 256 Å². The molecule has 0 aliphatic carbocycles. The second kappa shape index (κ2) is 54.2. The van der Waals surface area contributed by atoms with Gasteiger partial charge in [-0.15, -0.1) is 0 Å². The molecule has 41 heteroatoms. The highest BCUT2D eigenvalue weighted by Crippen LogP contribution is 2.56. The number of thiazole rings is 3. The number of aryl methyl sites for hydroxylation is 3. The van der Waals surface area contributed by atoms with Gasteiger partial charge in [0.05, 0.1) is 47.6 Å². The Labute approximate surface area is 843 Å². The van der Waals surface area contributed by atoms with Crippen LogP contribution >= 0.6 is 136 Å². The average molecular weight is 2250 g/mol. The molecule has 3 aliphatic rings. The molecule has 6 heterocycles. The van der Waals surface area contributed by atoms with Gasteiger partial charge in [-0.1, -0.05) is 241 Å². The van der Waals surface area contributed by atoms with Gasteiger partial charge in [-0.3, -0.25) is 13.7 Å². The number of rotatable bonds is 40. The highest BCUT2D eigenvalue weighted by atomic mass is 79.9. The summed E-state index contributed by atoms with van der Waals surface area (Å²) in [5, 5.41) is 6.84. The lowest BCUT2D eigenvalue weighted by Gasteiger charge is -2.14. The van der Waals surface area contributed by atoms with Gasteiger partial charge in [0.1, 0.15) is 14.1 Å². The molecule has 3 aromatic heterocycles. The van der Waals surface area contributed by atoms with E-state index in [0.717, 1.165) is 112 Å². The van der Waals surface area contributed by atoms with Crippen molar-refractivity contribution < 1.29 is 91.5 Å². The zero-order chi connectivity index (χ0) is 97.8. The minimum atomic E-state index is -4.34. The molecule has 0 radical (unpaired) electrons. The number of fused-ring (bicyclic) bond motifs is 8. The van der Waals surface area contributed by atoms with E-state index in [2.05, 4.69) is 167 Å². The Morgan fingerprint density at radius 2 is 0.684 bits per heavy atom. The molecule has 0 saturated heterocycles. The Morgan fingerprint density at radius 3 is 1.11 bits per heavy atom. The number of aromatic nitrogens is 3. The first kappa shape index (κ1) is 114. The van der Waals surface area contributed by atoms with Crippen molar-refractivity contribution in [3.8, 4) is 0 Å². The minimum absolute atomic E-state index is 0.0213. The predicted molar refractivity (Wildman–Crippen MR) is 556 cm³/mol. The lowest BCUT2D eigenvalue weighted by atomic mass is 9.90. The SMILES string of the molecule is CCN(CC)CC.CCN(CC)CC.CCN(CC)CC.O=S(=O)([O-])CCCC[n+]1c(C=C2Sc3ccc(Br)cc3C2CCCCS(=O)(=O)O)sc2ccc(Br)cc21.O=S(=O)([O-])CCCC[n+]1c(C=C2Sc3ccc(Cl)cc3C2CCCCS(=O)(=O)O)sc2ccc(Cl)cc21.O=S(=O)([O-])CCC[n+]1c(C=C2Sc3ccc4ccccc4c3C2CCCS(=O)(=O)O)sc2ccc(Cl)cc21. The van der Waals surface area contributed by atoms with Crippen LogP contribution in [-0.2, 0) is 80.3 Å². The lowest BCUT2D eigenvalue weighted by Crippen LogP contribution is -2.36. The Bertz CT molecular complexity index is 6140. The largest absolute Gasteiger partial charge is 0.748 e. The number of allylic oxidation sites excluding steroid dienone is 3. The third kappa shape index (κ3) is 37.4. The van der Waals surface area contributed by atoms with Crippen molar-refractivity contribution in [1.29, 1.82) is 0 Å². The van der Waals surface area contributed by atoms with Gasteiger partial charge in [0.15, 0.2) is 19.6 Å². The minimum Gasteiger partial charge on any atom is -0.748 e. The lowest BCUT2D eigenvalue weighted by molar-refractivity contribution is -0.669. The molecular formula is C92H119Br2Cl3N6O18S12. The molecule has 10 aromatic rings. The van der Waals surface area contributed by atoms with Crippen LogP contribution in [0, 0.1) is 0 Å². The maximum atomic E-state index is 11.4. The highest BCUT2D eigenvalue weighted by Gasteiger charge is 2.36. The van der Waals surface area contributed by atoms with Crippen LogP contribution in [0.4, 0.5) is 0 Å². The highest BCUT2D eigenvalue weighted by molar-refractivity contribution is 9.10. The number of thioether (sulfide) groups is 3. The Kier molecular flexibility index (Phi) is 46.6. The maximum Gasteiger partial charge on any atom is 0.264 e. The smallest absolute Gasteiger partial charge is 0.264 e. The molecule has 3 unspecified atom stereocenters. The molecule has 732 valence electrons.